The Labute approximate surface area is 165 Å². The minimum atomic E-state index is -1.33. The summed E-state index contributed by atoms with van der Waals surface area (Å²) in [5, 5.41) is 5.52. The molecule has 0 aromatic heterocycles. The highest BCUT2D eigenvalue weighted by Gasteiger charge is 2.36. The number of hydrogen-bond acceptors (Lipinski definition) is 5. The van der Waals surface area contributed by atoms with E-state index in [1.54, 1.807) is 50.2 Å². The first-order valence-electron chi connectivity index (χ1n) is 8.90. The Hall–Kier alpha value is -3.22. The van der Waals surface area contributed by atoms with Crippen molar-refractivity contribution in [2.45, 2.75) is 20.8 Å². The van der Waals surface area contributed by atoms with Gasteiger partial charge < -0.3 is 24.8 Å². The maximum atomic E-state index is 12.8. The Morgan fingerprint density at radius 2 is 1.54 bits per heavy atom. The zero-order valence-corrected chi connectivity index (χ0v) is 16.8. The molecule has 0 atom stereocenters. The molecule has 7 heteroatoms. The van der Waals surface area contributed by atoms with Gasteiger partial charge in [0.1, 0.15) is 11.2 Å². The number of ether oxygens (including phenoxy) is 3. The normalized spacial score (nSPS) is 10.8. The molecule has 0 radical (unpaired) electrons. The van der Waals surface area contributed by atoms with E-state index in [0.717, 1.165) is 0 Å². The number of benzene rings is 2. The lowest BCUT2D eigenvalue weighted by Gasteiger charge is -2.23. The number of carbonyl (C=O) groups excluding carboxylic acids is 2. The molecule has 0 aliphatic rings. The maximum Gasteiger partial charge on any atom is 0.239 e. The molecule has 0 aliphatic carbocycles. The Morgan fingerprint density at radius 3 is 2.18 bits per heavy atom. The molecule has 0 fully saturated rings. The molecule has 150 valence electrons. The average Bonchev–Trinajstić information content (AvgIpc) is 2.69. The van der Waals surface area contributed by atoms with Crippen molar-refractivity contribution in [2.75, 3.05) is 31.5 Å². The molecule has 0 bridgehead atoms. The van der Waals surface area contributed by atoms with Crippen LogP contribution in [-0.2, 0) is 9.59 Å². The van der Waals surface area contributed by atoms with Gasteiger partial charge in [0.25, 0.3) is 0 Å². The second kappa shape index (κ2) is 9.12. The summed E-state index contributed by atoms with van der Waals surface area (Å²) in [6.07, 6.45) is 0. The minimum Gasteiger partial charge on any atom is -0.493 e. The van der Waals surface area contributed by atoms with Crippen molar-refractivity contribution in [3.8, 4) is 17.2 Å². The third kappa shape index (κ3) is 4.73. The summed E-state index contributed by atoms with van der Waals surface area (Å²) in [6.45, 7) is 5.44. The highest BCUT2D eigenvalue weighted by atomic mass is 16.5. The van der Waals surface area contributed by atoms with E-state index in [1.165, 1.54) is 14.2 Å². The van der Waals surface area contributed by atoms with Crippen molar-refractivity contribution in [1.82, 2.24) is 0 Å². The zero-order chi connectivity index (χ0) is 20.7. The number of nitrogens with one attached hydrogen (secondary N) is 2. The summed E-state index contributed by atoms with van der Waals surface area (Å²) < 4.78 is 15.9. The van der Waals surface area contributed by atoms with Crippen LogP contribution in [0.4, 0.5) is 11.4 Å². The predicted octanol–water partition coefficient (Wildman–Crippen LogP) is 3.71. The number of hydrogen-bond donors (Lipinski definition) is 2. The van der Waals surface area contributed by atoms with E-state index in [4.69, 9.17) is 14.2 Å². The monoisotopic (exact) mass is 386 g/mol. The first-order valence-corrected chi connectivity index (χ1v) is 8.90. The number of para-hydroxylation sites is 2. The van der Waals surface area contributed by atoms with Crippen molar-refractivity contribution in [2.24, 2.45) is 5.41 Å². The lowest BCUT2D eigenvalue weighted by Crippen LogP contribution is -2.41. The molecule has 0 saturated carbocycles. The molecule has 2 aromatic rings. The van der Waals surface area contributed by atoms with Crippen LogP contribution in [0, 0.1) is 5.41 Å². The highest BCUT2D eigenvalue weighted by Crippen LogP contribution is 2.31. The Balaban J connectivity index is 2.15. The van der Waals surface area contributed by atoms with Crippen LogP contribution in [-0.4, -0.2) is 32.6 Å². The number of carbonyl (C=O) groups is 2. The summed E-state index contributed by atoms with van der Waals surface area (Å²) in [5.74, 6) is 0.677. The van der Waals surface area contributed by atoms with E-state index in [9.17, 15) is 9.59 Å². The molecular weight excluding hydrogens is 360 g/mol. The van der Waals surface area contributed by atoms with Crippen molar-refractivity contribution < 1.29 is 23.8 Å². The van der Waals surface area contributed by atoms with Gasteiger partial charge in [0.2, 0.25) is 11.8 Å². The van der Waals surface area contributed by atoms with Crippen LogP contribution in [0.25, 0.3) is 0 Å². The van der Waals surface area contributed by atoms with E-state index in [2.05, 4.69) is 10.6 Å². The van der Waals surface area contributed by atoms with Gasteiger partial charge in [-0.25, -0.2) is 0 Å². The Morgan fingerprint density at radius 1 is 0.893 bits per heavy atom. The molecule has 0 aliphatic heterocycles. The molecule has 28 heavy (non-hydrogen) atoms. The second-order valence-electron chi connectivity index (χ2n) is 6.53. The van der Waals surface area contributed by atoms with Crippen molar-refractivity contribution >= 4 is 23.2 Å². The second-order valence-corrected chi connectivity index (χ2v) is 6.53. The number of rotatable bonds is 8. The molecule has 2 rings (SSSR count). The van der Waals surface area contributed by atoms with E-state index in [-0.39, 0.29) is 0 Å². The van der Waals surface area contributed by atoms with E-state index in [0.29, 0.717) is 35.2 Å². The fourth-order valence-corrected chi connectivity index (χ4v) is 2.43. The first-order chi connectivity index (χ1) is 13.3. The van der Waals surface area contributed by atoms with Crippen LogP contribution in [0.2, 0.25) is 0 Å². The van der Waals surface area contributed by atoms with Crippen molar-refractivity contribution in [1.29, 1.82) is 0 Å². The highest BCUT2D eigenvalue weighted by molar-refractivity contribution is 6.14. The fraction of sp³-hybridized carbons (Fsp3) is 0.333. The first kappa shape index (κ1) is 21.1. The number of methoxy groups -OCH3 is 2. The van der Waals surface area contributed by atoms with Gasteiger partial charge in [0.15, 0.2) is 11.5 Å². The summed E-state index contributed by atoms with van der Waals surface area (Å²) in [7, 11) is 3.04. The van der Waals surface area contributed by atoms with E-state index in [1.807, 2.05) is 13.0 Å². The minimum absolute atomic E-state index is 0.447. The smallest absolute Gasteiger partial charge is 0.239 e. The summed E-state index contributed by atoms with van der Waals surface area (Å²) in [4.78, 5) is 25.5. The lowest BCUT2D eigenvalue weighted by molar-refractivity contribution is -0.135. The van der Waals surface area contributed by atoms with E-state index >= 15 is 0 Å². The topological polar surface area (TPSA) is 85.9 Å². The molecule has 0 spiro atoms. The number of anilines is 2. The molecule has 7 nitrogen and oxygen atoms in total. The maximum absolute atomic E-state index is 12.8. The molecule has 0 heterocycles. The molecule has 2 N–H and O–H groups in total. The average molecular weight is 386 g/mol. The molecule has 2 aromatic carbocycles. The summed E-state index contributed by atoms with van der Waals surface area (Å²) in [5.41, 5.74) is -0.313. The van der Waals surface area contributed by atoms with Crippen LogP contribution in [0.1, 0.15) is 20.8 Å². The summed E-state index contributed by atoms with van der Waals surface area (Å²) >= 11 is 0. The standard InChI is InChI=1S/C21H26N2O5/c1-6-28-16-10-8-7-9-15(16)23-20(25)21(2,3)19(24)22-14-11-12-17(26-4)18(13-14)27-5/h7-13H,6H2,1-5H3,(H,22,24)(H,23,25). The predicted molar refractivity (Wildman–Crippen MR) is 108 cm³/mol. The molecule has 0 saturated heterocycles. The lowest BCUT2D eigenvalue weighted by atomic mass is 9.90. The van der Waals surface area contributed by atoms with Crippen LogP contribution in [0.5, 0.6) is 17.2 Å². The van der Waals surface area contributed by atoms with Crippen LogP contribution >= 0.6 is 0 Å². The van der Waals surface area contributed by atoms with Crippen LogP contribution in [0.3, 0.4) is 0 Å². The number of amides is 2. The molecular formula is C21H26N2O5. The van der Waals surface area contributed by atoms with Crippen LogP contribution < -0.4 is 24.8 Å². The van der Waals surface area contributed by atoms with Gasteiger partial charge in [-0.1, -0.05) is 12.1 Å². The SMILES string of the molecule is CCOc1ccccc1NC(=O)C(C)(C)C(=O)Nc1ccc(OC)c(OC)c1. The Bertz CT molecular complexity index is 848. The Kier molecular flexibility index (Phi) is 6.87. The summed E-state index contributed by atoms with van der Waals surface area (Å²) in [6, 6.07) is 12.1. The molecule has 0 unspecified atom stereocenters. The van der Waals surface area contributed by atoms with Gasteiger partial charge >= 0.3 is 0 Å². The molecule has 2 amide bonds. The quantitative estimate of drug-likeness (QED) is 0.676. The van der Waals surface area contributed by atoms with Gasteiger partial charge in [0, 0.05) is 11.8 Å². The third-order valence-corrected chi connectivity index (χ3v) is 4.21. The van der Waals surface area contributed by atoms with Gasteiger partial charge in [-0.15, -0.1) is 0 Å². The largest absolute Gasteiger partial charge is 0.493 e. The van der Waals surface area contributed by atoms with Gasteiger partial charge in [-0.2, -0.15) is 0 Å². The third-order valence-electron chi connectivity index (χ3n) is 4.21. The van der Waals surface area contributed by atoms with Gasteiger partial charge in [0.05, 0.1) is 26.5 Å². The van der Waals surface area contributed by atoms with Gasteiger partial charge in [-0.3, -0.25) is 9.59 Å². The van der Waals surface area contributed by atoms with Crippen molar-refractivity contribution in [3.05, 3.63) is 42.5 Å². The van der Waals surface area contributed by atoms with E-state index < -0.39 is 17.2 Å². The van der Waals surface area contributed by atoms with Gasteiger partial charge in [-0.05, 0) is 45.0 Å². The fourth-order valence-electron chi connectivity index (χ4n) is 2.43. The van der Waals surface area contributed by atoms with Crippen molar-refractivity contribution in [3.63, 3.8) is 0 Å². The van der Waals surface area contributed by atoms with Crippen LogP contribution in [0.15, 0.2) is 42.5 Å². The zero-order valence-electron chi connectivity index (χ0n) is 16.8.